The summed E-state index contributed by atoms with van der Waals surface area (Å²) in [6, 6.07) is 6.48. The number of hydrogen-bond donors (Lipinski definition) is 1. The zero-order valence-corrected chi connectivity index (χ0v) is 13.5. The van der Waals surface area contributed by atoms with Gasteiger partial charge in [0.2, 0.25) is 17.7 Å². The Balaban J connectivity index is 1.61. The second-order valence-corrected chi connectivity index (χ2v) is 5.29. The molecule has 1 N–H and O–H groups in total. The second kappa shape index (κ2) is 7.12. The van der Waals surface area contributed by atoms with Gasteiger partial charge < -0.3 is 9.15 Å². The van der Waals surface area contributed by atoms with E-state index in [0.29, 0.717) is 17.9 Å². The molecular formula is C16H16N4O5. The van der Waals surface area contributed by atoms with Gasteiger partial charge in [0.15, 0.2) is 0 Å². The van der Waals surface area contributed by atoms with Crippen molar-refractivity contribution in [2.24, 2.45) is 0 Å². The molecule has 2 heterocycles. The number of rotatable bonds is 6. The van der Waals surface area contributed by atoms with Gasteiger partial charge >= 0.3 is 6.01 Å². The summed E-state index contributed by atoms with van der Waals surface area (Å²) >= 11 is 0. The van der Waals surface area contributed by atoms with E-state index >= 15 is 0 Å². The molecule has 0 radical (unpaired) electrons. The van der Waals surface area contributed by atoms with Gasteiger partial charge in [-0.05, 0) is 31.2 Å². The van der Waals surface area contributed by atoms with Crippen molar-refractivity contribution in [1.82, 2.24) is 15.1 Å². The zero-order chi connectivity index (χ0) is 17.8. The third kappa shape index (κ3) is 3.82. The lowest BCUT2D eigenvalue weighted by Gasteiger charge is -2.09. The summed E-state index contributed by atoms with van der Waals surface area (Å²) in [5, 5.41) is 9.90. The quantitative estimate of drug-likeness (QED) is 0.787. The average Bonchev–Trinajstić information content (AvgIpc) is 3.17. The van der Waals surface area contributed by atoms with E-state index < -0.39 is 5.91 Å². The Morgan fingerprint density at radius 1 is 1.20 bits per heavy atom. The van der Waals surface area contributed by atoms with Crippen molar-refractivity contribution < 1.29 is 23.5 Å². The van der Waals surface area contributed by atoms with Crippen molar-refractivity contribution in [2.75, 3.05) is 11.9 Å². The maximum absolute atomic E-state index is 12.1. The van der Waals surface area contributed by atoms with Crippen molar-refractivity contribution >= 4 is 23.7 Å². The molecule has 1 aromatic carbocycles. The maximum Gasteiger partial charge on any atom is 0.322 e. The van der Waals surface area contributed by atoms with Gasteiger partial charge in [-0.2, -0.15) is 0 Å². The van der Waals surface area contributed by atoms with Gasteiger partial charge in [-0.25, -0.2) is 0 Å². The van der Waals surface area contributed by atoms with Crippen molar-refractivity contribution in [3.63, 3.8) is 0 Å². The number of carbonyl (C=O) groups excluding carboxylic acids is 3. The number of likely N-dealkylation sites (tertiary alicyclic amines) is 1. The van der Waals surface area contributed by atoms with Gasteiger partial charge in [0, 0.05) is 18.4 Å². The van der Waals surface area contributed by atoms with E-state index in [0.717, 1.165) is 4.90 Å². The molecule has 25 heavy (non-hydrogen) atoms. The van der Waals surface area contributed by atoms with Crippen LogP contribution in [0, 0.1) is 0 Å². The van der Waals surface area contributed by atoms with Gasteiger partial charge in [0.25, 0.3) is 5.91 Å². The van der Waals surface area contributed by atoms with Crippen LogP contribution in [0.15, 0.2) is 28.7 Å². The van der Waals surface area contributed by atoms with Crippen LogP contribution >= 0.6 is 0 Å². The fourth-order valence-corrected chi connectivity index (χ4v) is 2.34. The fourth-order valence-electron chi connectivity index (χ4n) is 2.34. The van der Waals surface area contributed by atoms with Crippen LogP contribution in [0.5, 0.6) is 5.75 Å². The molecule has 0 saturated carbocycles. The molecule has 1 aliphatic rings. The lowest BCUT2D eigenvalue weighted by molar-refractivity contribution is -0.139. The predicted molar refractivity (Wildman–Crippen MR) is 84.7 cm³/mol. The average molecular weight is 344 g/mol. The van der Waals surface area contributed by atoms with Crippen LogP contribution in [0.4, 0.5) is 6.01 Å². The van der Waals surface area contributed by atoms with E-state index in [-0.39, 0.29) is 43.1 Å². The number of anilines is 1. The third-order valence-corrected chi connectivity index (χ3v) is 3.56. The molecule has 3 amide bonds. The summed E-state index contributed by atoms with van der Waals surface area (Å²) in [4.78, 5) is 36.3. The molecule has 9 heteroatoms. The molecule has 3 rings (SSSR count). The number of aromatic nitrogens is 2. The topological polar surface area (TPSA) is 115 Å². The van der Waals surface area contributed by atoms with Crippen molar-refractivity contribution in [3.05, 3.63) is 35.7 Å². The highest BCUT2D eigenvalue weighted by Crippen LogP contribution is 2.17. The Bertz CT molecular complexity index is 783. The molecule has 0 unspecified atom stereocenters. The number of benzene rings is 1. The monoisotopic (exact) mass is 344 g/mol. The molecule has 130 valence electrons. The van der Waals surface area contributed by atoms with E-state index in [1.165, 1.54) is 0 Å². The van der Waals surface area contributed by atoms with Crippen LogP contribution < -0.4 is 10.1 Å². The summed E-state index contributed by atoms with van der Waals surface area (Å²) in [5.41, 5.74) is 0.396. The highest BCUT2D eigenvalue weighted by atomic mass is 16.5. The molecule has 1 aliphatic heterocycles. The minimum absolute atomic E-state index is 0.0746. The first kappa shape index (κ1) is 16.6. The van der Waals surface area contributed by atoms with Crippen molar-refractivity contribution in [2.45, 2.75) is 26.3 Å². The van der Waals surface area contributed by atoms with E-state index in [1.807, 2.05) is 6.92 Å². The van der Waals surface area contributed by atoms with E-state index in [2.05, 4.69) is 15.5 Å². The van der Waals surface area contributed by atoms with Crippen LogP contribution in [0.2, 0.25) is 0 Å². The van der Waals surface area contributed by atoms with Crippen LogP contribution in [0.1, 0.15) is 36.0 Å². The molecule has 0 aliphatic carbocycles. The number of amides is 3. The number of hydrogen-bond acceptors (Lipinski definition) is 7. The highest BCUT2D eigenvalue weighted by Gasteiger charge is 2.30. The minimum atomic E-state index is -0.424. The Hall–Kier alpha value is -3.23. The summed E-state index contributed by atoms with van der Waals surface area (Å²) in [5.74, 6) is -0.234. The molecule has 0 bridgehead atoms. The fraction of sp³-hybridized carbons (Fsp3) is 0.312. The largest absolute Gasteiger partial charge is 0.494 e. The van der Waals surface area contributed by atoms with Crippen LogP contribution in [0.3, 0.4) is 0 Å². The standard InChI is InChI=1S/C16H16N4O5/c1-2-24-11-5-3-10(4-6-11)15(23)17-16-19-18-12(25-16)9-20-13(21)7-8-14(20)22/h3-6H,2,7-9H2,1H3,(H,17,19,23). The molecule has 0 atom stereocenters. The Morgan fingerprint density at radius 3 is 2.52 bits per heavy atom. The highest BCUT2D eigenvalue weighted by molar-refractivity contribution is 6.03. The molecule has 1 aromatic heterocycles. The van der Waals surface area contributed by atoms with Gasteiger partial charge in [0.1, 0.15) is 12.3 Å². The second-order valence-electron chi connectivity index (χ2n) is 5.29. The third-order valence-electron chi connectivity index (χ3n) is 3.56. The van der Waals surface area contributed by atoms with E-state index in [4.69, 9.17) is 9.15 Å². The molecule has 9 nitrogen and oxygen atoms in total. The smallest absolute Gasteiger partial charge is 0.322 e. The van der Waals surface area contributed by atoms with Crippen molar-refractivity contribution in [3.8, 4) is 5.75 Å². The number of ether oxygens (including phenoxy) is 1. The van der Waals surface area contributed by atoms with Crippen LogP contribution in [-0.2, 0) is 16.1 Å². The Morgan fingerprint density at radius 2 is 1.88 bits per heavy atom. The van der Waals surface area contributed by atoms with Crippen LogP contribution in [-0.4, -0.2) is 39.4 Å². The van der Waals surface area contributed by atoms with Crippen LogP contribution in [0.25, 0.3) is 0 Å². The Labute approximate surface area is 143 Å². The molecule has 2 aromatic rings. The first-order valence-electron chi connectivity index (χ1n) is 7.76. The van der Waals surface area contributed by atoms with Gasteiger partial charge in [0.05, 0.1) is 6.61 Å². The van der Waals surface area contributed by atoms with E-state index in [9.17, 15) is 14.4 Å². The molecule has 1 saturated heterocycles. The van der Waals surface area contributed by atoms with Crippen molar-refractivity contribution in [1.29, 1.82) is 0 Å². The molecule has 1 fully saturated rings. The normalized spacial score (nSPS) is 14.0. The first-order valence-corrected chi connectivity index (χ1v) is 7.76. The zero-order valence-electron chi connectivity index (χ0n) is 13.5. The number of nitrogens with one attached hydrogen (secondary N) is 1. The molecule has 0 spiro atoms. The predicted octanol–water partition coefficient (Wildman–Crippen LogP) is 1.37. The molecular weight excluding hydrogens is 328 g/mol. The van der Waals surface area contributed by atoms with Gasteiger partial charge in [-0.15, -0.1) is 5.10 Å². The summed E-state index contributed by atoms with van der Waals surface area (Å²) < 4.78 is 10.6. The summed E-state index contributed by atoms with van der Waals surface area (Å²) in [7, 11) is 0. The number of carbonyl (C=O) groups is 3. The number of nitrogens with zero attached hydrogens (tertiary/aromatic N) is 3. The van der Waals surface area contributed by atoms with E-state index in [1.54, 1.807) is 24.3 Å². The summed E-state index contributed by atoms with van der Waals surface area (Å²) in [6.07, 6.45) is 0.378. The number of imide groups is 1. The Kier molecular flexibility index (Phi) is 4.73. The lowest BCUT2D eigenvalue weighted by Crippen LogP contribution is -2.28. The lowest BCUT2D eigenvalue weighted by atomic mass is 10.2. The first-order chi connectivity index (χ1) is 12.1. The minimum Gasteiger partial charge on any atom is -0.494 e. The van der Waals surface area contributed by atoms with Gasteiger partial charge in [-0.1, -0.05) is 5.10 Å². The maximum atomic E-state index is 12.1. The SMILES string of the molecule is CCOc1ccc(C(=O)Nc2nnc(CN3C(=O)CCC3=O)o2)cc1. The summed E-state index contributed by atoms with van der Waals surface area (Å²) in [6.45, 7) is 2.32. The van der Waals surface area contributed by atoms with Gasteiger partial charge in [-0.3, -0.25) is 24.6 Å².